The number of benzene rings is 1. The number of hydrogen-bond donors (Lipinski definition) is 1. The van der Waals surface area contributed by atoms with Crippen molar-refractivity contribution < 1.29 is 18.8 Å². The molecular weight excluding hydrogens is 370 g/mol. The zero-order valence-corrected chi connectivity index (χ0v) is 16.7. The highest BCUT2D eigenvalue weighted by Gasteiger charge is 2.30. The molecule has 2 saturated heterocycles. The summed E-state index contributed by atoms with van der Waals surface area (Å²) in [5, 5.41) is 7.69. The Kier molecular flexibility index (Phi) is 6.79. The Morgan fingerprint density at radius 1 is 1.21 bits per heavy atom. The molecule has 0 bridgehead atoms. The monoisotopic (exact) mass is 399 g/mol. The van der Waals surface area contributed by atoms with Crippen LogP contribution in [-0.2, 0) is 22.6 Å². The van der Waals surface area contributed by atoms with Crippen molar-refractivity contribution in [2.24, 2.45) is 11.8 Å². The Hall–Kier alpha value is -2.38. The average molecular weight is 399 g/mol. The molecule has 1 aromatic carbocycles. The fraction of sp³-hybridized carbons (Fsp3) is 0.545. The van der Waals surface area contributed by atoms with Gasteiger partial charge in [-0.15, -0.1) is 0 Å². The first-order valence-corrected chi connectivity index (χ1v) is 10.5. The molecular formula is C22H29N3O4. The third-order valence-corrected chi connectivity index (χ3v) is 5.77. The minimum atomic E-state index is 0.252. The number of carbonyl (C=O) groups is 1. The van der Waals surface area contributed by atoms with Gasteiger partial charge in [0.05, 0.1) is 18.9 Å². The molecule has 1 N–H and O–H groups in total. The van der Waals surface area contributed by atoms with E-state index in [1.807, 2.05) is 41.3 Å². The van der Waals surface area contributed by atoms with Gasteiger partial charge in [-0.2, -0.15) is 0 Å². The second kappa shape index (κ2) is 9.89. The molecule has 0 spiro atoms. The predicted octanol–water partition coefficient (Wildman–Crippen LogP) is 2.27. The molecule has 0 aliphatic carbocycles. The Morgan fingerprint density at radius 2 is 2.03 bits per heavy atom. The lowest BCUT2D eigenvalue weighted by Crippen LogP contribution is -2.44. The van der Waals surface area contributed by atoms with Crippen molar-refractivity contribution in [1.82, 2.24) is 15.4 Å². The molecule has 2 aromatic rings. The van der Waals surface area contributed by atoms with Gasteiger partial charge >= 0.3 is 0 Å². The highest BCUT2D eigenvalue weighted by atomic mass is 16.5. The largest absolute Gasteiger partial charge is 0.486 e. The van der Waals surface area contributed by atoms with E-state index in [0.29, 0.717) is 56.9 Å². The van der Waals surface area contributed by atoms with Crippen LogP contribution in [0.15, 0.2) is 40.9 Å². The molecule has 1 aromatic heterocycles. The Labute approximate surface area is 171 Å². The zero-order chi connectivity index (χ0) is 19.9. The number of aromatic nitrogens is 1. The average Bonchev–Trinajstić information content (AvgIpc) is 3.22. The summed E-state index contributed by atoms with van der Waals surface area (Å²) in [5.41, 5.74) is 0.925. The molecule has 156 valence electrons. The van der Waals surface area contributed by atoms with Crippen molar-refractivity contribution in [2.45, 2.75) is 25.9 Å². The van der Waals surface area contributed by atoms with Crippen LogP contribution in [0.3, 0.4) is 0 Å². The van der Waals surface area contributed by atoms with Gasteiger partial charge in [-0.3, -0.25) is 4.79 Å². The van der Waals surface area contributed by atoms with E-state index in [9.17, 15) is 4.79 Å². The molecule has 7 nitrogen and oxygen atoms in total. The van der Waals surface area contributed by atoms with Gasteiger partial charge < -0.3 is 24.2 Å². The lowest BCUT2D eigenvalue weighted by Gasteiger charge is -2.34. The van der Waals surface area contributed by atoms with Crippen molar-refractivity contribution in [2.75, 3.05) is 39.4 Å². The first-order valence-electron chi connectivity index (χ1n) is 10.5. The van der Waals surface area contributed by atoms with Crippen LogP contribution in [0.5, 0.6) is 5.75 Å². The summed E-state index contributed by atoms with van der Waals surface area (Å²) >= 11 is 0. The first-order chi connectivity index (χ1) is 14.3. The molecule has 3 heterocycles. The van der Waals surface area contributed by atoms with Gasteiger partial charge in [0, 0.05) is 25.6 Å². The quantitative estimate of drug-likeness (QED) is 0.770. The van der Waals surface area contributed by atoms with Gasteiger partial charge in [-0.25, -0.2) is 0 Å². The lowest BCUT2D eigenvalue weighted by atomic mass is 9.81. The van der Waals surface area contributed by atoms with E-state index in [0.717, 1.165) is 37.4 Å². The summed E-state index contributed by atoms with van der Waals surface area (Å²) in [7, 11) is 0. The predicted molar refractivity (Wildman–Crippen MR) is 107 cm³/mol. The lowest BCUT2D eigenvalue weighted by molar-refractivity contribution is -0.136. The van der Waals surface area contributed by atoms with Gasteiger partial charge in [-0.1, -0.05) is 23.4 Å². The third kappa shape index (κ3) is 5.58. The Balaban J connectivity index is 1.31. The molecule has 2 fully saturated rings. The van der Waals surface area contributed by atoms with Gasteiger partial charge in [0.25, 0.3) is 0 Å². The summed E-state index contributed by atoms with van der Waals surface area (Å²) in [6.07, 6.45) is 2.43. The van der Waals surface area contributed by atoms with E-state index in [2.05, 4.69) is 10.5 Å². The summed E-state index contributed by atoms with van der Waals surface area (Å²) in [5.74, 6) is 2.52. The number of amides is 1. The zero-order valence-electron chi connectivity index (χ0n) is 16.7. The molecule has 7 heteroatoms. The van der Waals surface area contributed by atoms with Gasteiger partial charge in [0.15, 0.2) is 5.76 Å². The molecule has 29 heavy (non-hydrogen) atoms. The van der Waals surface area contributed by atoms with E-state index in [4.69, 9.17) is 14.0 Å². The summed E-state index contributed by atoms with van der Waals surface area (Å²) in [6.45, 7) is 4.95. The maximum absolute atomic E-state index is 12.7. The number of ether oxygens (including phenoxy) is 2. The number of carbonyl (C=O) groups excluding carboxylic acids is 1. The number of morpholine rings is 1. The highest BCUT2D eigenvalue weighted by molar-refractivity contribution is 5.76. The van der Waals surface area contributed by atoms with Crippen LogP contribution in [0.1, 0.15) is 24.3 Å². The van der Waals surface area contributed by atoms with Crippen molar-refractivity contribution in [3.8, 4) is 5.75 Å². The van der Waals surface area contributed by atoms with E-state index >= 15 is 0 Å². The Morgan fingerprint density at radius 3 is 2.86 bits per heavy atom. The Bertz CT molecular complexity index is 773. The van der Waals surface area contributed by atoms with Crippen molar-refractivity contribution in [3.63, 3.8) is 0 Å². The maximum Gasteiger partial charge on any atom is 0.223 e. The molecule has 4 rings (SSSR count). The van der Waals surface area contributed by atoms with Crippen molar-refractivity contribution in [3.05, 3.63) is 47.9 Å². The molecule has 0 saturated carbocycles. The summed E-state index contributed by atoms with van der Waals surface area (Å²) in [6, 6.07) is 11.6. The van der Waals surface area contributed by atoms with E-state index in [-0.39, 0.29) is 5.91 Å². The van der Waals surface area contributed by atoms with Crippen LogP contribution < -0.4 is 10.1 Å². The number of rotatable bonds is 7. The molecule has 2 aliphatic rings. The van der Waals surface area contributed by atoms with Crippen LogP contribution in [0, 0.1) is 11.8 Å². The van der Waals surface area contributed by atoms with Crippen LogP contribution in [-0.4, -0.2) is 55.4 Å². The standard InChI is InChI=1S/C22H29N3O4/c26-22(25-8-10-27-11-9-25)13-17-6-7-23-15-18(17)12-19-14-21(29-24-19)16-28-20-4-2-1-3-5-20/h1-5,14,17-18,23H,6-13,15-16H2/t17-,18-/m0/s1. The number of hydrogen-bond acceptors (Lipinski definition) is 6. The highest BCUT2D eigenvalue weighted by Crippen LogP contribution is 2.27. The molecule has 0 radical (unpaired) electrons. The molecule has 0 unspecified atom stereocenters. The minimum Gasteiger partial charge on any atom is -0.486 e. The van der Waals surface area contributed by atoms with Crippen molar-refractivity contribution in [1.29, 1.82) is 0 Å². The smallest absolute Gasteiger partial charge is 0.223 e. The van der Waals surface area contributed by atoms with Crippen LogP contribution in [0.4, 0.5) is 0 Å². The van der Waals surface area contributed by atoms with E-state index in [1.54, 1.807) is 0 Å². The van der Waals surface area contributed by atoms with Crippen LogP contribution in [0.25, 0.3) is 0 Å². The fourth-order valence-electron chi connectivity index (χ4n) is 4.11. The van der Waals surface area contributed by atoms with Gasteiger partial charge in [0.1, 0.15) is 12.4 Å². The maximum atomic E-state index is 12.7. The number of piperidine rings is 1. The number of para-hydroxylation sites is 1. The molecule has 2 atom stereocenters. The first kappa shape index (κ1) is 19.9. The van der Waals surface area contributed by atoms with Crippen molar-refractivity contribution >= 4 is 5.91 Å². The topological polar surface area (TPSA) is 76.8 Å². The molecule has 1 amide bonds. The third-order valence-electron chi connectivity index (χ3n) is 5.77. The second-order valence-electron chi connectivity index (χ2n) is 7.80. The number of nitrogens with zero attached hydrogens (tertiary/aromatic N) is 2. The van der Waals surface area contributed by atoms with E-state index in [1.165, 1.54) is 0 Å². The van der Waals surface area contributed by atoms with Crippen LogP contribution in [0.2, 0.25) is 0 Å². The van der Waals surface area contributed by atoms with Gasteiger partial charge in [0.2, 0.25) is 5.91 Å². The van der Waals surface area contributed by atoms with Crippen LogP contribution >= 0.6 is 0 Å². The molecule has 2 aliphatic heterocycles. The summed E-state index contributed by atoms with van der Waals surface area (Å²) < 4.78 is 16.5. The minimum absolute atomic E-state index is 0.252. The second-order valence-corrected chi connectivity index (χ2v) is 7.80. The SMILES string of the molecule is O=C(C[C@@H]1CCNC[C@@H]1Cc1cc(COc2ccccc2)on1)N1CCOCC1. The normalized spacial score (nSPS) is 22.4. The fourth-order valence-corrected chi connectivity index (χ4v) is 4.11. The summed E-state index contributed by atoms with van der Waals surface area (Å²) in [4.78, 5) is 14.6. The van der Waals surface area contributed by atoms with E-state index < -0.39 is 0 Å². The number of nitrogens with one attached hydrogen (secondary N) is 1. The van der Waals surface area contributed by atoms with Gasteiger partial charge in [-0.05, 0) is 49.9 Å².